The highest BCUT2D eigenvalue weighted by Gasteiger charge is 2.25. The molecule has 0 bridgehead atoms. The number of nitriles is 1. The van der Waals surface area contributed by atoms with Crippen LogP contribution in [0, 0.1) is 24.1 Å². The van der Waals surface area contributed by atoms with Crippen LogP contribution in [0.2, 0.25) is 0 Å². The van der Waals surface area contributed by atoms with Crippen molar-refractivity contribution in [3.63, 3.8) is 0 Å². The van der Waals surface area contributed by atoms with E-state index in [-0.39, 0.29) is 11.8 Å². The fourth-order valence-corrected chi connectivity index (χ4v) is 4.18. The third-order valence-electron chi connectivity index (χ3n) is 5.92. The molecule has 7 nitrogen and oxygen atoms in total. The van der Waals surface area contributed by atoms with Gasteiger partial charge < -0.3 is 15.1 Å². The Bertz CT molecular complexity index is 1210. The van der Waals surface area contributed by atoms with Crippen molar-refractivity contribution in [2.75, 3.05) is 36.4 Å². The quantitative estimate of drug-likeness (QED) is 0.616. The molecule has 0 saturated carbocycles. The number of aromatic nitrogens is 2. The van der Waals surface area contributed by atoms with Crippen molar-refractivity contribution in [2.45, 2.75) is 26.7 Å². The summed E-state index contributed by atoms with van der Waals surface area (Å²) >= 11 is 0. The molecule has 2 aromatic carbocycles. The lowest BCUT2D eigenvalue weighted by Gasteiger charge is -2.36. The number of halogens is 1. The van der Waals surface area contributed by atoms with Gasteiger partial charge in [0.15, 0.2) is 0 Å². The van der Waals surface area contributed by atoms with Gasteiger partial charge in [0.2, 0.25) is 0 Å². The normalized spacial score (nSPS) is 13.5. The zero-order valence-corrected chi connectivity index (χ0v) is 19.4. The van der Waals surface area contributed by atoms with E-state index in [4.69, 9.17) is 10.2 Å². The van der Waals surface area contributed by atoms with Crippen LogP contribution >= 0.6 is 0 Å². The van der Waals surface area contributed by atoms with Crippen molar-refractivity contribution >= 4 is 17.5 Å². The first kappa shape index (κ1) is 23.2. The Balaban J connectivity index is 1.48. The molecule has 2 amide bonds. The van der Waals surface area contributed by atoms with Crippen molar-refractivity contribution in [1.29, 1.82) is 5.26 Å². The number of carbonyl (C=O) groups excluding carboxylic acids is 1. The van der Waals surface area contributed by atoms with E-state index in [1.807, 2.05) is 13.0 Å². The van der Waals surface area contributed by atoms with Crippen LogP contribution in [0.5, 0.6) is 0 Å². The molecule has 2 heterocycles. The van der Waals surface area contributed by atoms with Crippen LogP contribution in [-0.2, 0) is 12.8 Å². The first-order valence-corrected chi connectivity index (χ1v) is 11.4. The van der Waals surface area contributed by atoms with Crippen LogP contribution in [0.25, 0.3) is 0 Å². The second-order valence-corrected chi connectivity index (χ2v) is 8.27. The number of urea groups is 1. The van der Waals surface area contributed by atoms with Gasteiger partial charge in [0, 0.05) is 49.5 Å². The number of nitrogens with one attached hydrogen (secondary N) is 1. The highest BCUT2D eigenvalue weighted by atomic mass is 19.1. The molecule has 34 heavy (non-hydrogen) atoms. The number of hydrogen-bond donors (Lipinski definition) is 1. The largest absolute Gasteiger partial charge is 0.353 e. The first-order valence-electron chi connectivity index (χ1n) is 11.4. The summed E-state index contributed by atoms with van der Waals surface area (Å²) in [4.78, 5) is 26.1. The summed E-state index contributed by atoms with van der Waals surface area (Å²) < 4.78 is 13.8. The average molecular weight is 459 g/mol. The van der Waals surface area contributed by atoms with Crippen molar-refractivity contribution in [2.24, 2.45) is 0 Å². The Morgan fingerprint density at radius 1 is 1.12 bits per heavy atom. The monoisotopic (exact) mass is 458 g/mol. The van der Waals surface area contributed by atoms with Crippen LogP contribution in [-0.4, -0.2) is 47.1 Å². The summed E-state index contributed by atoms with van der Waals surface area (Å²) in [6.07, 6.45) is 1.31. The molecule has 0 atom stereocenters. The predicted octanol–water partition coefficient (Wildman–Crippen LogP) is 4.30. The predicted molar refractivity (Wildman–Crippen MR) is 129 cm³/mol. The standard InChI is InChI=1S/C26H27FN6O/c1-3-24-23(16-20-5-4-6-21(27)15-20)25(30-18(2)29-24)32-11-13-33(14-12-32)26(34)31-22-9-7-19(17-28)8-10-22/h4-10,15H,3,11-14,16H2,1-2H3,(H,31,34). The summed E-state index contributed by atoms with van der Waals surface area (Å²) in [7, 11) is 0. The van der Waals surface area contributed by atoms with E-state index in [0.717, 1.165) is 29.1 Å². The van der Waals surface area contributed by atoms with Gasteiger partial charge in [-0.2, -0.15) is 5.26 Å². The van der Waals surface area contributed by atoms with Crippen molar-refractivity contribution < 1.29 is 9.18 Å². The van der Waals surface area contributed by atoms with E-state index < -0.39 is 0 Å². The van der Waals surface area contributed by atoms with Gasteiger partial charge in [-0.15, -0.1) is 0 Å². The molecule has 0 unspecified atom stereocenters. The summed E-state index contributed by atoms with van der Waals surface area (Å²) in [6.45, 7) is 6.31. The zero-order valence-electron chi connectivity index (χ0n) is 19.4. The van der Waals surface area contributed by atoms with E-state index >= 15 is 0 Å². The minimum atomic E-state index is -0.257. The summed E-state index contributed by atoms with van der Waals surface area (Å²) in [5.74, 6) is 1.31. The Morgan fingerprint density at radius 2 is 1.85 bits per heavy atom. The topological polar surface area (TPSA) is 85.2 Å². The maximum Gasteiger partial charge on any atom is 0.321 e. The van der Waals surface area contributed by atoms with Crippen LogP contribution in [0.3, 0.4) is 0 Å². The fourth-order valence-electron chi connectivity index (χ4n) is 4.18. The smallest absolute Gasteiger partial charge is 0.321 e. The Hall–Kier alpha value is -3.99. The van der Waals surface area contributed by atoms with Gasteiger partial charge in [-0.3, -0.25) is 0 Å². The molecule has 1 aliphatic heterocycles. The highest BCUT2D eigenvalue weighted by molar-refractivity contribution is 5.89. The molecule has 174 valence electrons. The van der Waals surface area contributed by atoms with Gasteiger partial charge in [-0.25, -0.2) is 19.2 Å². The van der Waals surface area contributed by atoms with E-state index in [0.29, 0.717) is 49.7 Å². The van der Waals surface area contributed by atoms with Crippen molar-refractivity contribution in [1.82, 2.24) is 14.9 Å². The molecule has 1 aromatic heterocycles. The third kappa shape index (κ3) is 5.31. The van der Waals surface area contributed by atoms with E-state index in [9.17, 15) is 9.18 Å². The van der Waals surface area contributed by atoms with Gasteiger partial charge >= 0.3 is 6.03 Å². The van der Waals surface area contributed by atoms with E-state index in [2.05, 4.69) is 28.2 Å². The molecule has 1 fully saturated rings. The Morgan fingerprint density at radius 3 is 2.50 bits per heavy atom. The molecule has 0 spiro atoms. The van der Waals surface area contributed by atoms with Gasteiger partial charge in [0.1, 0.15) is 17.5 Å². The maximum atomic E-state index is 13.8. The zero-order chi connectivity index (χ0) is 24.1. The minimum Gasteiger partial charge on any atom is -0.353 e. The lowest BCUT2D eigenvalue weighted by Crippen LogP contribution is -2.50. The lowest BCUT2D eigenvalue weighted by molar-refractivity contribution is 0.208. The maximum absolute atomic E-state index is 13.8. The Labute approximate surface area is 198 Å². The third-order valence-corrected chi connectivity index (χ3v) is 5.92. The number of nitrogens with zero attached hydrogens (tertiary/aromatic N) is 5. The number of rotatable bonds is 5. The minimum absolute atomic E-state index is 0.169. The SMILES string of the molecule is CCc1nc(C)nc(N2CCN(C(=O)Nc3ccc(C#N)cc3)CC2)c1Cc1cccc(F)c1. The number of anilines is 2. The van der Waals surface area contributed by atoms with Crippen molar-refractivity contribution in [3.8, 4) is 6.07 Å². The second-order valence-electron chi connectivity index (χ2n) is 8.27. The summed E-state index contributed by atoms with van der Waals surface area (Å²) in [5.41, 5.74) is 4.06. The molecule has 1 aliphatic rings. The van der Waals surface area contributed by atoms with Gasteiger partial charge in [0.05, 0.1) is 11.6 Å². The van der Waals surface area contributed by atoms with E-state index in [1.54, 1.807) is 41.3 Å². The molecule has 8 heteroatoms. The number of piperazine rings is 1. The van der Waals surface area contributed by atoms with E-state index in [1.165, 1.54) is 6.07 Å². The number of amides is 2. The van der Waals surface area contributed by atoms with Crippen LogP contribution in [0.1, 0.15) is 35.1 Å². The molecule has 4 rings (SSSR count). The first-order chi connectivity index (χ1) is 16.5. The Kier molecular flexibility index (Phi) is 7.02. The van der Waals surface area contributed by atoms with Crippen LogP contribution in [0.15, 0.2) is 48.5 Å². The van der Waals surface area contributed by atoms with Crippen LogP contribution < -0.4 is 10.2 Å². The number of hydrogen-bond acceptors (Lipinski definition) is 5. The van der Waals surface area contributed by atoms with Gasteiger partial charge in [-0.05, 0) is 55.3 Å². The van der Waals surface area contributed by atoms with Gasteiger partial charge in [0.25, 0.3) is 0 Å². The molecule has 3 aromatic rings. The summed E-state index contributed by atoms with van der Waals surface area (Å²) in [6, 6.07) is 15.3. The second kappa shape index (κ2) is 10.3. The molecule has 0 radical (unpaired) electrons. The molecule has 0 aliphatic carbocycles. The number of aryl methyl sites for hydroxylation is 2. The fraction of sp³-hybridized carbons (Fsp3) is 0.308. The number of benzene rings is 2. The average Bonchev–Trinajstić information content (AvgIpc) is 2.85. The van der Waals surface area contributed by atoms with Crippen LogP contribution in [0.4, 0.5) is 20.7 Å². The molecular formula is C26H27FN6O. The summed E-state index contributed by atoms with van der Waals surface area (Å²) in [5, 5.41) is 11.8. The number of carbonyl (C=O) groups is 1. The van der Waals surface area contributed by atoms with Gasteiger partial charge in [-0.1, -0.05) is 19.1 Å². The lowest BCUT2D eigenvalue weighted by atomic mass is 10.0. The molecule has 1 N–H and O–H groups in total. The van der Waals surface area contributed by atoms with Crippen molar-refractivity contribution in [3.05, 3.63) is 82.6 Å². The highest BCUT2D eigenvalue weighted by Crippen LogP contribution is 2.26. The molecule has 1 saturated heterocycles. The molecular weight excluding hydrogens is 431 g/mol.